The Bertz CT molecular complexity index is 113. The van der Waals surface area contributed by atoms with E-state index in [2.05, 4.69) is 16.0 Å². The molecule has 0 amide bonds. The van der Waals surface area contributed by atoms with Crippen molar-refractivity contribution >= 4 is 6.01 Å². The van der Waals surface area contributed by atoms with Crippen molar-refractivity contribution in [3.05, 3.63) is 0 Å². The molecular formula is C6H13N3. The van der Waals surface area contributed by atoms with Gasteiger partial charge in [-0.1, -0.05) is 0 Å². The highest BCUT2D eigenvalue weighted by Crippen LogP contribution is 1.80. The van der Waals surface area contributed by atoms with E-state index in [0.717, 1.165) is 6.54 Å². The van der Waals surface area contributed by atoms with Crippen molar-refractivity contribution in [2.75, 3.05) is 13.1 Å². The Hall–Kier alpha value is -0.660. The van der Waals surface area contributed by atoms with Crippen LogP contribution < -0.4 is 5.73 Å². The van der Waals surface area contributed by atoms with Crippen LogP contribution in [0.2, 0.25) is 0 Å². The Morgan fingerprint density at radius 2 is 2.33 bits per heavy atom. The summed E-state index contributed by atoms with van der Waals surface area (Å²) in [6, 6.07) is 2.71. The molecule has 0 fully saturated rings. The average molecular weight is 127 g/mol. The fourth-order valence-corrected chi connectivity index (χ4v) is 0.263. The predicted octanol–water partition coefficient (Wildman–Crippen LogP) is 0.527. The molecule has 0 aliphatic heterocycles. The number of nitrogens with two attached hydrogens (primary N) is 1. The van der Waals surface area contributed by atoms with E-state index in [1.807, 2.05) is 13.8 Å². The van der Waals surface area contributed by atoms with Crippen molar-refractivity contribution in [1.82, 2.24) is 0 Å². The first-order valence-electron chi connectivity index (χ1n) is 3.12. The quantitative estimate of drug-likeness (QED) is 0.552. The van der Waals surface area contributed by atoms with Crippen molar-refractivity contribution in [2.24, 2.45) is 15.7 Å². The maximum atomic E-state index is 5.28. The van der Waals surface area contributed by atoms with Gasteiger partial charge in [-0.2, -0.15) is 0 Å². The van der Waals surface area contributed by atoms with Gasteiger partial charge < -0.3 is 5.73 Å². The molecule has 0 saturated carbocycles. The average Bonchev–Trinajstić information content (AvgIpc) is 1.89. The zero-order chi connectivity index (χ0) is 7.11. The van der Waals surface area contributed by atoms with Crippen LogP contribution in [0.3, 0.4) is 0 Å². The first-order chi connectivity index (χ1) is 4.31. The second-order valence-electron chi connectivity index (χ2n) is 1.79. The van der Waals surface area contributed by atoms with Gasteiger partial charge in [0.2, 0.25) is 0 Å². The largest absolute Gasteiger partial charge is 0.328 e. The van der Waals surface area contributed by atoms with Gasteiger partial charge >= 0.3 is 0 Å². The second-order valence-corrected chi connectivity index (χ2v) is 1.79. The van der Waals surface area contributed by atoms with Gasteiger partial charge in [-0.15, -0.1) is 0 Å². The van der Waals surface area contributed by atoms with Crippen LogP contribution in [0.15, 0.2) is 9.98 Å². The summed E-state index contributed by atoms with van der Waals surface area (Å²) in [5.74, 6) is 0. The van der Waals surface area contributed by atoms with E-state index in [1.54, 1.807) is 0 Å². The third kappa shape index (κ3) is 5.21. The summed E-state index contributed by atoms with van der Waals surface area (Å²) in [6.07, 6.45) is 0. The van der Waals surface area contributed by atoms with E-state index in [9.17, 15) is 0 Å². The number of hydrogen-bond donors (Lipinski definition) is 1. The highest BCUT2D eigenvalue weighted by atomic mass is 14.8. The van der Waals surface area contributed by atoms with Crippen LogP contribution in [0, 0.1) is 0 Å². The lowest BCUT2D eigenvalue weighted by Gasteiger charge is -1.93. The molecular weight excluding hydrogens is 114 g/mol. The van der Waals surface area contributed by atoms with Crippen LogP contribution in [-0.2, 0) is 0 Å². The molecule has 3 nitrogen and oxygen atoms in total. The Balaban J connectivity index is 3.55. The molecule has 0 aromatic carbocycles. The Labute approximate surface area is 55.7 Å². The van der Waals surface area contributed by atoms with Gasteiger partial charge in [-0.25, -0.2) is 9.98 Å². The SMILES string of the molecule is CCN=C=NC(C)CN. The standard InChI is InChI=1S/C6H13N3/c1-3-8-5-9-6(2)4-7/h6H,3-4,7H2,1-2H3. The lowest BCUT2D eigenvalue weighted by molar-refractivity contribution is 0.758. The predicted molar refractivity (Wildman–Crippen MR) is 38.9 cm³/mol. The fraction of sp³-hybridized carbons (Fsp3) is 0.833. The Morgan fingerprint density at radius 3 is 2.78 bits per heavy atom. The molecule has 0 aromatic heterocycles. The normalized spacial score (nSPS) is 11.9. The molecule has 2 N–H and O–H groups in total. The minimum absolute atomic E-state index is 0.153. The van der Waals surface area contributed by atoms with Crippen molar-refractivity contribution < 1.29 is 0 Å². The van der Waals surface area contributed by atoms with E-state index in [0.29, 0.717) is 6.54 Å². The first kappa shape index (κ1) is 8.34. The maximum absolute atomic E-state index is 5.28. The van der Waals surface area contributed by atoms with Gasteiger partial charge in [0.05, 0.1) is 12.1 Å². The summed E-state index contributed by atoms with van der Waals surface area (Å²) in [7, 11) is 0. The summed E-state index contributed by atoms with van der Waals surface area (Å²) < 4.78 is 0. The molecule has 0 saturated heterocycles. The van der Waals surface area contributed by atoms with E-state index in [1.165, 1.54) is 0 Å². The Morgan fingerprint density at radius 1 is 1.67 bits per heavy atom. The zero-order valence-corrected chi connectivity index (χ0v) is 5.96. The van der Waals surface area contributed by atoms with Gasteiger partial charge in [-0.05, 0) is 13.8 Å². The van der Waals surface area contributed by atoms with E-state index in [4.69, 9.17) is 5.73 Å². The van der Waals surface area contributed by atoms with E-state index in [-0.39, 0.29) is 6.04 Å². The maximum Gasteiger partial charge on any atom is 0.0895 e. The summed E-state index contributed by atoms with van der Waals surface area (Å²) in [6.45, 7) is 5.17. The molecule has 3 heteroatoms. The lowest BCUT2D eigenvalue weighted by Crippen LogP contribution is -2.13. The van der Waals surface area contributed by atoms with Gasteiger partial charge in [0.15, 0.2) is 0 Å². The molecule has 0 bridgehead atoms. The molecule has 0 aliphatic rings. The van der Waals surface area contributed by atoms with Crippen LogP contribution in [0.1, 0.15) is 13.8 Å². The number of rotatable bonds is 3. The molecule has 0 heterocycles. The van der Waals surface area contributed by atoms with Gasteiger partial charge in [0.25, 0.3) is 0 Å². The minimum atomic E-state index is 0.153. The molecule has 0 spiro atoms. The minimum Gasteiger partial charge on any atom is -0.328 e. The smallest absolute Gasteiger partial charge is 0.0895 e. The van der Waals surface area contributed by atoms with Crippen LogP contribution in [0.5, 0.6) is 0 Å². The van der Waals surface area contributed by atoms with E-state index >= 15 is 0 Å². The van der Waals surface area contributed by atoms with Gasteiger partial charge in [-0.3, -0.25) is 0 Å². The second kappa shape index (κ2) is 5.48. The molecule has 0 aliphatic carbocycles. The first-order valence-corrected chi connectivity index (χ1v) is 3.12. The summed E-state index contributed by atoms with van der Waals surface area (Å²) in [5, 5.41) is 0. The number of aliphatic imine (C=N–C) groups is 2. The monoisotopic (exact) mass is 127 g/mol. The third-order valence-corrected chi connectivity index (χ3v) is 0.848. The Kier molecular flexibility index (Phi) is 5.07. The van der Waals surface area contributed by atoms with Crippen LogP contribution in [0.4, 0.5) is 0 Å². The lowest BCUT2D eigenvalue weighted by atomic mass is 10.4. The highest BCUT2D eigenvalue weighted by molar-refractivity contribution is 5.41. The fourth-order valence-electron chi connectivity index (χ4n) is 0.263. The van der Waals surface area contributed by atoms with Crippen LogP contribution in [-0.4, -0.2) is 25.1 Å². The van der Waals surface area contributed by atoms with Gasteiger partial charge in [0, 0.05) is 13.1 Å². The van der Waals surface area contributed by atoms with E-state index < -0.39 is 0 Å². The van der Waals surface area contributed by atoms with Crippen LogP contribution in [0.25, 0.3) is 0 Å². The molecule has 9 heavy (non-hydrogen) atoms. The summed E-state index contributed by atoms with van der Waals surface area (Å²) in [4.78, 5) is 7.68. The van der Waals surface area contributed by atoms with Crippen molar-refractivity contribution in [3.63, 3.8) is 0 Å². The van der Waals surface area contributed by atoms with Crippen LogP contribution >= 0.6 is 0 Å². The molecule has 0 rings (SSSR count). The molecule has 52 valence electrons. The third-order valence-electron chi connectivity index (χ3n) is 0.848. The highest BCUT2D eigenvalue weighted by Gasteiger charge is 1.88. The molecule has 0 radical (unpaired) electrons. The molecule has 1 atom stereocenters. The number of nitrogens with zero attached hydrogens (tertiary/aromatic N) is 2. The van der Waals surface area contributed by atoms with Crippen molar-refractivity contribution in [1.29, 1.82) is 0 Å². The molecule has 0 aromatic rings. The summed E-state index contributed by atoms with van der Waals surface area (Å²) in [5.41, 5.74) is 5.28. The van der Waals surface area contributed by atoms with Gasteiger partial charge in [0.1, 0.15) is 0 Å². The molecule has 1 unspecified atom stereocenters. The summed E-state index contributed by atoms with van der Waals surface area (Å²) >= 11 is 0. The topological polar surface area (TPSA) is 50.7 Å². The number of hydrogen-bond acceptors (Lipinski definition) is 3. The zero-order valence-electron chi connectivity index (χ0n) is 5.96. The van der Waals surface area contributed by atoms with Crippen molar-refractivity contribution in [2.45, 2.75) is 19.9 Å². The van der Waals surface area contributed by atoms with Crippen molar-refractivity contribution in [3.8, 4) is 0 Å².